The average Bonchev–Trinajstić information content (AvgIpc) is 3.16. The molecule has 1 amide bonds. The van der Waals surface area contributed by atoms with Gasteiger partial charge >= 0.3 is 5.97 Å². The summed E-state index contributed by atoms with van der Waals surface area (Å²) in [5.41, 5.74) is 2.91. The first kappa shape index (κ1) is 23.2. The van der Waals surface area contributed by atoms with Crippen LogP contribution >= 0.6 is 0 Å². The third-order valence-corrected chi connectivity index (χ3v) is 4.41. The molecule has 1 aromatic heterocycles. The number of amides is 1. The van der Waals surface area contributed by atoms with E-state index in [0.29, 0.717) is 18.5 Å². The van der Waals surface area contributed by atoms with Crippen molar-refractivity contribution in [2.75, 3.05) is 5.32 Å². The van der Waals surface area contributed by atoms with Crippen LogP contribution in [0.15, 0.2) is 36.8 Å². The molecule has 7 nitrogen and oxygen atoms in total. The topological polar surface area (TPSA) is 107 Å². The molecule has 2 rings (SSSR count). The first-order chi connectivity index (χ1) is 14.0. The third kappa shape index (κ3) is 7.39. The number of aromatic amines is 1. The lowest BCUT2D eigenvalue weighted by Crippen LogP contribution is -2.41. The van der Waals surface area contributed by atoms with Crippen molar-refractivity contribution in [1.82, 2.24) is 15.3 Å². The summed E-state index contributed by atoms with van der Waals surface area (Å²) in [4.78, 5) is 31.5. The van der Waals surface area contributed by atoms with Gasteiger partial charge in [-0.05, 0) is 41.5 Å². The van der Waals surface area contributed by atoms with Crippen LogP contribution in [-0.4, -0.2) is 33.0 Å². The van der Waals surface area contributed by atoms with Crippen LogP contribution < -0.4 is 10.6 Å². The van der Waals surface area contributed by atoms with E-state index in [2.05, 4.69) is 41.4 Å². The van der Waals surface area contributed by atoms with Gasteiger partial charge in [0.2, 0.25) is 0 Å². The Morgan fingerprint density at radius 1 is 1.27 bits per heavy atom. The summed E-state index contributed by atoms with van der Waals surface area (Å²) in [6.07, 6.45) is 7.68. The van der Waals surface area contributed by atoms with Crippen molar-refractivity contribution in [2.24, 2.45) is 11.3 Å². The Morgan fingerprint density at radius 3 is 2.57 bits per heavy atom. The number of imidazole rings is 1. The minimum Gasteiger partial charge on any atom is -0.480 e. The van der Waals surface area contributed by atoms with Crippen LogP contribution in [0, 0.1) is 11.3 Å². The number of carbonyl (C=O) groups is 2. The molecule has 30 heavy (non-hydrogen) atoms. The standard InChI is InChI=1S/C23H32N4O3/c1-15(2)10-20(22(29)30)27-21(28)19-7-6-17(25-13-18-12-24-14-26-18)11-16(19)8-9-23(3,4)5/h6-9,11-12,14-15,20,25H,10,13H2,1-5H3,(H,24,26)(H,27,28)(H,29,30)/b9-8+. The highest BCUT2D eigenvalue weighted by molar-refractivity contribution is 6.00. The van der Waals surface area contributed by atoms with Gasteiger partial charge < -0.3 is 20.7 Å². The zero-order valence-corrected chi connectivity index (χ0v) is 18.3. The van der Waals surface area contributed by atoms with Gasteiger partial charge in [0, 0.05) is 17.4 Å². The number of rotatable bonds is 9. The number of aliphatic carboxylic acids is 1. The van der Waals surface area contributed by atoms with Crippen LogP contribution in [0.4, 0.5) is 5.69 Å². The third-order valence-electron chi connectivity index (χ3n) is 4.41. The predicted molar refractivity (Wildman–Crippen MR) is 119 cm³/mol. The Labute approximate surface area is 178 Å². The first-order valence-corrected chi connectivity index (χ1v) is 10.1. The van der Waals surface area contributed by atoms with Crippen LogP contribution in [0.2, 0.25) is 0 Å². The lowest BCUT2D eigenvalue weighted by atomic mass is 9.94. The molecule has 7 heteroatoms. The number of aromatic nitrogens is 2. The summed E-state index contributed by atoms with van der Waals surface area (Å²) in [7, 11) is 0. The molecule has 0 aliphatic rings. The van der Waals surface area contributed by atoms with Crippen molar-refractivity contribution in [1.29, 1.82) is 0 Å². The molecule has 1 atom stereocenters. The molecule has 0 bridgehead atoms. The predicted octanol–water partition coefficient (Wildman–Crippen LogP) is 4.31. The highest BCUT2D eigenvalue weighted by Crippen LogP contribution is 2.23. The van der Waals surface area contributed by atoms with Crippen molar-refractivity contribution in [3.8, 4) is 0 Å². The average molecular weight is 413 g/mol. The van der Waals surface area contributed by atoms with Crippen LogP contribution in [0.5, 0.6) is 0 Å². The second-order valence-electron chi connectivity index (χ2n) is 8.93. The summed E-state index contributed by atoms with van der Waals surface area (Å²) >= 11 is 0. The zero-order chi connectivity index (χ0) is 22.3. The fourth-order valence-corrected chi connectivity index (χ4v) is 2.86. The van der Waals surface area contributed by atoms with Gasteiger partial charge in [-0.3, -0.25) is 4.79 Å². The molecular weight excluding hydrogens is 380 g/mol. The van der Waals surface area contributed by atoms with E-state index in [-0.39, 0.29) is 11.3 Å². The van der Waals surface area contributed by atoms with Crippen molar-refractivity contribution >= 4 is 23.6 Å². The Bertz CT molecular complexity index is 880. The molecular formula is C23H32N4O3. The van der Waals surface area contributed by atoms with E-state index in [1.54, 1.807) is 18.6 Å². The Hall–Kier alpha value is -3.09. The maximum atomic E-state index is 12.9. The quantitative estimate of drug-likeness (QED) is 0.491. The summed E-state index contributed by atoms with van der Waals surface area (Å²) in [5.74, 6) is -1.26. The van der Waals surface area contributed by atoms with Crippen molar-refractivity contribution in [3.05, 3.63) is 53.6 Å². The number of H-pyrrole nitrogens is 1. The van der Waals surface area contributed by atoms with Gasteiger partial charge in [-0.25, -0.2) is 9.78 Å². The van der Waals surface area contributed by atoms with E-state index in [1.165, 1.54) is 0 Å². The second-order valence-corrected chi connectivity index (χ2v) is 8.93. The van der Waals surface area contributed by atoms with Gasteiger partial charge in [0.05, 0.1) is 18.6 Å². The second kappa shape index (κ2) is 10.1. The van der Waals surface area contributed by atoms with Crippen LogP contribution in [-0.2, 0) is 11.3 Å². The fourth-order valence-electron chi connectivity index (χ4n) is 2.86. The maximum absolute atomic E-state index is 12.9. The van der Waals surface area contributed by atoms with Gasteiger partial charge in [0.1, 0.15) is 6.04 Å². The maximum Gasteiger partial charge on any atom is 0.326 e. The summed E-state index contributed by atoms with van der Waals surface area (Å²) in [6.45, 7) is 10.7. The number of nitrogens with zero attached hydrogens (tertiary/aromatic N) is 1. The normalized spacial score (nSPS) is 12.9. The van der Waals surface area contributed by atoms with Crippen LogP contribution in [0.1, 0.15) is 62.7 Å². The number of anilines is 1. The summed E-state index contributed by atoms with van der Waals surface area (Å²) in [5, 5.41) is 15.4. The van der Waals surface area contributed by atoms with E-state index in [4.69, 9.17) is 0 Å². The highest BCUT2D eigenvalue weighted by Gasteiger charge is 2.23. The van der Waals surface area contributed by atoms with Crippen molar-refractivity contribution in [2.45, 2.75) is 53.6 Å². The lowest BCUT2D eigenvalue weighted by molar-refractivity contribution is -0.139. The number of benzene rings is 1. The molecule has 162 valence electrons. The van der Waals surface area contributed by atoms with Gasteiger partial charge in [0.15, 0.2) is 0 Å². The molecule has 1 aromatic carbocycles. The van der Waals surface area contributed by atoms with E-state index >= 15 is 0 Å². The molecule has 1 unspecified atom stereocenters. The molecule has 0 spiro atoms. The smallest absolute Gasteiger partial charge is 0.326 e. The van der Waals surface area contributed by atoms with Crippen LogP contribution in [0.3, 0.4) is 0 Å². The van der Waals surface area contributed by atoms with E-state index in [1.807, 2.05) is 38.1 Å². The molecule has 0 saturated carbocycles. The SMILES string of the molecule is CC(C)CC(NC(=O)c1ccc(NCc2cnc[nH]2)cc1/C=C/C(C)(C)C)C(=O)O. The van der Waals surface area contributed by atoms with E-state index in [9.17, 15) is 14.7 Å². The molecule has 0 aliphatic carbocycles. The summed E-state index contributed by atoms with van der Waals surface area (Å²) < 4.78 is 0. The minimum absolute atomic E-state index is 0.0612. The number of carboxylic acids is 1. The fraction of sp³-hybridized carbons (Fsp3) is 0.435. The van der Waals surface area contributed by atoms with Gasteiger partial charge in [-0.15, -0.1) is 0 Å². The Kier molecular flexibility index (Phi) is 7.80. The molecule has 0 radical (unpaired) electrons. The molecule has 1 heterocycles. The summed E-state index contributed by atoms with van der Waals surface area (Å²) in [6, 6.07) is 4.51. The largest absolute Gasteiger partial charge is 0.480 e. The number of carboxylic acid groups (broad SMARTS) is 1. The monoisotopic (exact) mass is 412 g/mol. The van der Waals surface area contributed by atoms with Crippen molar-refractivity contribution < 1.29 is 14.7 Å². The van der Waals surface area contributed by atoms with E-state index < -0.39 is 17.9 Å². The Morgan fingerprint density at radius 2 is 2.00 bits per heavy atom. The molecule has 0 saturated heterocycles. The van der Waals surface area contributed by atoms with E-state index in [0.717, 1.165) is 16.9 Å². The minimum atomic E-state index is -1.03. The van der Waals surface area contributed by atoms with Gasteiger partial charge in [-0.1, -0.05) is 46.8 Å². The van der Waals surface area contributed by atoms with Gasteiger partial charge in [0.25, 0.3) is 5.91 Å². The number of hydrogen-bond acceptors (Lipinski definition) is 4. The molecule has 4 N–H and O–H groups in total. The number of carbonyl (C=O) groups excluding carboxylic acids is 1. The highest BCUT2D eigenvalue weighted by atomic mass is 16.4. The number of hydrogen-bond donors (Lipinski definition) is 4. The molecule has 0 fully saturated rings. The first-order valence-electron chi connectivity index (χ1n) is 10.1. The zero-order valence-electron chi connectivity index (χ0n) is 18.3. The van der Waals surface area contributed by atoms with Gasteiger partial charge in [-0.2, -0.15) is 0 Å². The number of allylic oxidation sites excluding steroid dienone is 1. The molecule has 2 aromatic rings. The lowest BCUT2D eigenvalue weighted by Gasteiger charge is -2.18. The van der Waals surface area contributed by atoms with Crippen molar-refractivity contribution in [3.63, 3.8) is 0 Å². The number of nitrogens with one attached hydrogen (secondary N) is 3. The Balaban J connectivity index is 2.28. The van der Waals surface area contributed by atoms with Crippen LogP contribution in [0.25, 0.3) is 6.08 Å². The molecule has 0 aliphatic heterocycles.